The zero-order valence-electron chi connectivity index (χ0n) is 7.76. The van der Waals surface area contributed by atoms with Gasteiger partial charge >= 0.3 is 0 Å². The molecule has 5 heteroatoms. The van der Waals surface area contributed by atoms with Crippen LogP contribution >= 0.6 is 61.8 Å². The summed E-state index contributed by atoms with van der Waals surface area (Å²) < 4.78 is 1.67. The first-order valence-corrected chi connectivity index (χ1v) is 7.58. The monoisotopic (exact) mass is 340 g/mol. The molecule has 80 valence electrons. The second kappa shape index (κ2) is 4.76. The van der Waals surface area contributed by atoms with Gasteiger partial charge in [0.15, 0.2) is 0 Å². The number of hydrogen-bond acceptors (Lipinski definition) is 2. The maximum Gasteiger partial charge on any atom is 0.0960 e. The molecule has 0 radical (unpaired) electrons. The quantitative estimate of drug-likeness (QED) is 0.595. The average molecular weight is 342 g/mol. The van der Waals surface area contributed by atoms with Crippen LogP contribution in [0.2, 0.25) is 8.67 Å². The molecule has 0 saturated carbocycles. The molecule has 2 rings (SSSR count). The summed E-state index contributed by atoms with van der Waals surface area (Å²) in [4.78, 5) is 1.41. The van der Waals surface area contributed by atoms with Gasteiger partial charge in [-0.05, 0) is 35.6 Å². The molecule has 0 aliphatic rings. The van der Waals surface area contributed by atoms with Crippen LogP contribution in [0.4, 0.5) is 0 Å². The van der Waals surface area contributed by atoms with Crippen LogP contribution in [0.1, 0.15) is 20.8 Å². The largest absolute Gasteiger partial charge is 0.132 e. The van der Waals surface area contributed by atoms with Gasteiger partial charge in [-0.25, -0.2) is 0 Å². The Hall–Kier alpha value is 0.460. The maximum absolute atomic E-state index is 6.04. The van der Waals surface area contributed by atoms with Crippen LogP contribution in [0.25, 0.3) is 0 Å². The highest BCUT2D eigenvalue weighted by atomic mass is 79.9. The van der Waals surface area contributed by atoms with Crippen molar-refractivity contribution in [3.05, 3.63) is 42.2 Å². The number of alkyl halides is 1. The molecule has 0 aliphatic heterocycles. The van der Waals surface area contributed by atoms with Gasteiger partial charge in [-0.3, -0.25) is 0 Å². The Bertz CT molecular complexity index is 456. The highest BCUT2D eigenvalue weighted by Gasteiger charge is 2.15. The molecular weight excluding hydrogens is 335 g/mol. The fourth-order valence-corrected chi connectivity index (χ4v) is 4.22. The van der Waals surface area contributed by atoms with Crippen molar-refractivity contribution in [1.29, 1.82) is 0 Å². The van der Waals surface area contributed by atoms with Crippen molar-refractivity contribution >= 4 is 61.8 Å². The summed E-state index contributed by atoms with van der Waals surface area (Å²) in [6, 6.07) is 4.09. The second-order valence-electron chi connectivity index (χ2n) is 3.15. The van der Waals surface area contributed by atoms with Crippen molar-refractivity contribution in [2.24, 2.45) is 0 Å². The average Bonchev–Trinajstić information content (AvgIpc) is 2.74. The van der Waals surface area contributed by atoms with E-state index in [4.69, 9.17) is 23.2 Å². The normalized spacial score (nSPS) is 13.1. The Labute approximate surface area is 115 Å². The van der Waals surface area contributed by atoms with Crippen molar-refractivity contribution in [3.8, 4) is 0 Å². The SMILES string of the molecule is Cc1cc(C(Br)c2csc(Cl)c2)sc1Cl. The number of rotatable bonds is 2. The lowest BCUT2D eigenvalue weighted by atomic mass is 10.2. The molecular formula is C10H7BrCl2S2. The van der Waals surface area contributed by atoms with Crippen LogP contribution in [0.15, 0.2) is 17.5 Å². The van der Waals surface area contributed by atoms with E-state index in [2.05, 4.69) is 27.4 Å². The molecule has 0 N–H and O–H groups in total. The molecule has 0 aromatic carbocycles. The van der Waals surface area contributed by atoms with Crippen molar-refractivity contribution in [3.63, 3.8) is 0 Å². The van der Waals surface area contributed by atoms with Gasteiger partial charge in [0.05, 0.1) is 13.5 Å². The predicted molar refractivity (Wildman–Crippen MR) is 74.2 cm³/mol. The molecule has 0 bridgehead atoms. The van der Waals surface area contributed by atoms with E-state index in [9.17, 15) is 0 Å². The van der Waals surface area contributed by atoms with Crippen LogP contribution in [0.3, 0.4) is 0 Å². The number of halogens is 3. The third-order valence-electron chi connectivity index (χ3n) is 2.01. The number of hydrogen-bond donors (Lipinski definition) is 0. The van der Waals surface area contributed by atoms with Gasteiger partial charge in [-0.15, -0.1) is 22.7 Å². The van der Waals surface area contributed by atoms with Crippen molar-refractivity contribution < 1.29 is 0 Å². The molecule has 2 heterocycles. The van der Waals surface area contributed by atoms with Gasteiger partial charge in [0.25, 0.3) is 0 Å². The van der Waals surface area contributed by atoms with Crippen LogP contribution in [0, 0.1) is 6.92 Å². The number of aryl methyl sites for hydroxylation is 1. The fraction of sp³-hybridized carbons (Fsp3) is 0.200. The van der Waals surface area contributed by atoms with E-state index in [1.165, 1.54) is 10.4 Å². The first kappa shape index (κ1) is 11.9. The van der Waals surface area contributed by atoms with Crippen LogP contribution in [-0.2, 0) is 0 Å². The molecule has 2 aromatic rings. The number of thiophene rings is 2. The van der Waals surface area contributed by atoms with Crippen LogP contribution < -0.4 is 0 Å². The summed E-state index contributed by atoms with van der Waals surface area (Å²) in [5.74, 6) is 0. The van der Waals surface area contributed by atoms with Crippen molar-refractivity contribution in [1.82, 2.24) is 0 Å². The van der Waals surface area contributed by atoms with Gasteiger partial charge in [-0.2, -0.15) is 0 Å². The van der Waals surface area contributed by atoms with E-state index in [0.717, 1.165) is 14.2 Å². The first-order chi connectivity index (χ1) is 7.08. The van der Waals surface area contributed by atoms with E-state index in [0.29, 0.717) is 0 Å². The van der Waals surface area contributed by atoms with Crippen LogP contribution in [0.5, 0.6) is 0 Å². The van der Waals surface area contributed by atoms with E-state index in [-0.39, 0.29) is 4.83 Å². The summed E-state index contributed by atoms with van der Waals surface area (Å²) in [5.41, 5.74) is 2.31. The minimum absolute atomic E-state index is 0.192. The lowest BCUT2D eigenvalue weighted by Gasteiger charge is -2.03. The molecule has 0 spiro atoms. The lowest BCUT2D eigenvalue weighted by molar-refractivity contribution is 1.24. The highest BCUT2D eigenvalue weighted by Crippen LogP contribution is 2.40. The molecule has 0 saturated heterocycles. The predicted octanol–water partition coefficient (Wildman–Crippen LogP) is 5.91. The van der Waals surface area contributed by atoms with Crippen molar-refractivity contribution in [2.75, 3.05) is 0 Å². The third kappa shape index (κ3) is 2.59. The van der Waals surface area contributed by atoms with Gasteiger partial charge in [0.2, 0.25) is 0 Å². The zero-order valence-corrected chi connectivity index (χ0v) is 12.5. The summed E-state index contributed by atoms with van der Waals surface area (Å²) in [6.45, 7) is 2.02. The van der Waals surface area contributed by atoms with E-state index < -0.39 is 0 Å². The standard InChI is InChI=1S/C10H7BrCl2S2/c1-5-2-7(15-10(5)13)9(11)6-3-8(12)14-4-6/h2-4,9H,1H3. The summed E-state index contributed by atoms with van der Waals surface area (Å²) in [7, 11) is 0. The Morgan fingerprint density at radius 2 is 2.07 bits per heavy atom. The molecule has 0 amide bonds. The molecule has 1 atom stereocenters. The van der Waals surface area contributed by atoms with Gasteiger partial charge in [0.1, 0.15) is 0 Å². The molecule has 15 heavy (non-hydrogen) atoms. The molecule has 2 aromatic heterocycles. The van der Waals surface area contributed by atoms with Crippen molar-refractivity contribution in [2.45, 2.75) is 11.8 Å². The summed E-state index contributed by atoms with van der Waals surface area (Å²) in [5, 5.41) is 2.06. The first-order valence-electron chi connectivity index (χ1n) is 4.21. The molecule has 0 aliphatic carbocycles. The van der Waals surface area contributed by atoms with Gasteiger partial charge < -0.3 is 0 Å². The Morgan fingerprint density at radius 3 is 2.53 bits per heavy atom. The second-order valence-corrected chi connectivity index (χ2v) is 7.30. The smallest absolute Gasteiger partial charge is 0.0960 e. The van der Waals surface area contributed by atoms with Gasteiger partial charge in [0, 0.05) is 4.88 Å². The maximum atomic E-state index is 6.04. The topological polar surface area (TPSA) is 0 Å². The fourth-order valence-electron chi connectivity index (χ4n) is 1.23. The summed E-state index contributed by atoms with van der Waals surface area (Å²) >= 11 is 18.8. The Balaban J connectivity index is 2.31. The minimum Gasteiger partial charge on any atom is -0.132 e. The highest BCUT2D eigenvalue weighted by molar-refractivity contribution is 9.09. The molecule has 0 nitrogen and oxygen atoms in total. The van der Waals surface area contributed by atoms with E-state index in [1.807, 2.05) is 13.0 Å². The zero-order chi connectivity index (χ0) is 11.0. The van der Waals surface area contributed by atoms with Gasteiger partial charge in [-0.1, -0.05) is 39.1 Å². The third-order valence-corrected chi connectivity index (χ3v) is 6.06. The lowest BCUT2D eigenvalue weighted by Crippen LogP contribution is -1.85. The minimum atomic E-state index is 0.192. The summed E-state index contributed by atoms with van der Waals surface area (Å²) in [6.07, 6.45) is 0. The van der Waals surface area contributed by atoms with E-state index >= 15 is 0 Å². The van der Waals surface area contributed by atoms with E-state index in [1.54, 1.807) is 22.7 Å². The van der Waals surface area contributed by atoms with Crippen LogP contribution in [-0.4, -0.2) is 0 Å². The Kier molecular flexibility index (Phi) is 3.79. The molecule has 1 unspecified atom stereocenters. The molecule has 0 fully saturated rings. The Morgan fingerprint density at radius 1 is 1.33 bits per heavy atom.